The molecule has 93 heavy (non-hydrogen) atoms. The second-order valence-electron chi connectivity index (χ2n) is 21.8. The molecule has 0 aromatic heterocycles. The number of sulfonamides is 3. The molecule has 0 radical (unpaired) electrons. The first-order chi connectivity index (χ1) is 43.6. The molecule has 3 heterocycles. The van der Waals surface area contributed by atoms with Crippen molar-refractivity contribution in [2.75, 3.05) is 68.4 Å². The molecule has 2 unspecified atom stereocenters. The number of aliphatic hydroxyl groups excluding tert-OH is 2. The molecule has 1 aliphatic carbocycles. The number of amides is 3. The van der Waals surface area contributed by atoms with Gasteiger partial charge in [-0.25, -0.2) is 69.2 Å². The van der Waals surface area contributed by atoms with Gasteiger partial charge >= 0.3 is 0 Å². The Morgan fingerprint density at radius 1 is 0.495 bits per heavy atom. The topological polar surface area (TPSA) is 269 Å². The maximum atomic E-state index is 14.6. The van der Waals surface area contributed by atoms with E-state index in [1.807, 2.05) is 5.32 Å². The summed E-state index contributed by atoms with van der Waals surface area (Å²) in [5, 5.41) is 36.6. The van der Waals surface area contributed by atoms with Gasteiger partial charge < -0.3 is 36.0 Å². The fraction of sp³-hybridized carbons (Fsp3) is 0.339. The molecule has 6 N–H and O–H groups in total. The lowest BCUT2D eigenvalue weighted by Crippen LogP contribution is -2.48. The van der Waals surface area contributed by atoms with Gasteiger partial charge in [0.25, 0.3) is 23.6 Å². The summed E-state index contributed by atoms with van der Waals surface area (Å²) < 4.78 is 223. The predicted octanol–water partition coefficient (Wildman–Crippen LogP) is 9.71. The Labute approximate surface area is 536 Å². The molecular formula is C59H56Cl2F10N6O13S3. The lowest BCUT2D eigenvalue weighted by Gasteiger charge is -2.30. The summed E-state index contributed by atoms with van der Waals surface area (Å²) in [5.74, 6) is -15.6. The Morgan fingerprint density at radius 3 is 1.37 bits per heavy atom. The Kier molecular flexibility index (Phi) is 22.8. The second kappa shape index (κ2) is 29.4. The number of rotatable bonds is 13. The molecule has 4 fully saturated rings. The maximum Gasteiger partial charge on any atom is 0.274 e. The zero-order chi connectivity index (χ0) is 68.1. The number of nitrogens with one attached hydrogen (secondary N) is 3. The molecule has 0 bridgehead atoms. The molecule has 4 aliphatic rings. The standard InChI is InChI=1S/C21H21ClF2N2O5S.C19H19ClF2N2O4S.C19H16F6N2O4S/c22-16-10-15(4-6-17(16)23)25-20(27)13-1-5-18(24)19(9-13)32(29,30)26-7-8-31-12-21(28,11-26)14-2-3-14;20-15-11-13(4-6-16(15)21)23-19(26)12-3-5-17(22)18(10-12)29(27,28)24-8-1-2-14(25)7-9-24;20-12-2-1-10(18(29)26-11-8-13(21)17(23)14(22)9-11)7-15(12)32(30,31)27-5-3-16(28)19(24,25)4-6-27/h1,4-6,9-10,14,28H,2-3,7-8,11-12H2,(H,25,27);3-6,10-11,14,25H,1-2,7-9H2,(H,23,26);1-2,7-9,16,28H,3-6H2,(H,26,29)/t;14-;/m.0./s1. The Balaban J connectivity index is 0.000000180. The van der Waals surface area contributed by atoms with Crippen molar-refractivity contribution in [1.29, 1.82) is 0 Å². The van der Waals surface area contributed by atoms with Gasteiger partial charge in [-0.1, -0.05) is 23.2 Å². The van der Waals surface area contributed by atoms with Crippen molar-refractivity contribution in [1.82, 2.24) is 12.9 Å². The van der Waals surface area contributed by atoms with Gasteiger partial charge in [-0.05, 0) is 135 Å². The number of carbonyl (C=O) groups is 3. The number of aliphatic hydroxyl groups is 3. The van der Waals surface area contributed by atoms with Crippen molar-refractivity contribution < 1.29 is 104 Å². The fourth-order valence-corrected chi connectivity index (χ4v) is 14.9. The van der Waals surface area contributed by atoms with Gasteiger partial charge in [0.2, 0.25) is 30.1 Å². The van der Waals surface area contributed by atoms with Crippen LogP contribution < -0.4 is 16.0 Å². The van der Waals surface area contributed by atoms with E-state index in [2.05, 4.69) is 10.6 Å². The number of benzene rings is 6. The average molecular weight is 1410 g/mol. The monoisotopic (exact) mass is 1410 g/mol. The maximum absolute atomic E-state index is 14.6. The highest BCUT2D eigenvalue weighted by Crippen LogP contribution is 2.42. The normalized spacial score (nSPS) is 20.1. The smallest absolute Gasteiger partial charge is 0.274 e. The summed E-state index contributed by atoms with van der Waals surface area (Å²) >= 11 is 11.4. The molecule has 6 aromatic rings. The SMILES string of the molecule is O=C(Nc1cc(F)c(F)c(F)c1)c1ccc(F)c(S(=O)(=O)N2CCC(O)C(F)(F)CC2)c1.O=C(Nc1ccc(F)c(Cl)c1)c1ccc(F)c(S(=O)(=O)N2CCC[C@H](O)CC2)c1.O=C(Nc1ccc(F)c(Cl)c1)c1ccc(F)c(S(=O)(=O)N2CCOCC(O)(C3CC3)C2)c1. The quantitative estimate of drug-likeness (QED) is 0.0465. The third-order valence-corrected chi connectivity index (χ3v) is 21.4. The molecule has 6 aromatic carbocycles. The van der Waals surface area contributed by atoms with Crippen LogP contribution in [0.3, 0.4) is 0 Å². The minimum atomic E-state index is -4.67. The number of anilines is 3. The van der Waals surface area contributed by atoms with Gasteiger partial charge in [0.05, 0.1) is 29.4 Å². The molecule has 3 aliphatic heterocycles. The van der Waals surface area contributed by atoms with Crippen LogP contribution in [0.5, 0.6) is 0 Å². The summed E-state index contributed by atoms with van der Waals surface area (Å²) in [4.78, 5) is 35.1. The Hall–Kier alpha value is -6.82. The first-order valence-corrected chi connectivity index (χ1v) is 33.1. The lowest BCUT2D eigenvalue weighted by molar-refractivity contribution is -0.108. The number of β-amino-alcohol motifs (C(OH)–C–C–N with tert-alkyl or cyclic N) is 1. The number of hydrogen-bond donors (Lipinski definition) is 6. The van der Waals surface area contributed by atoms with E-state index < -0.39 is 170 Å². The van der Waals surface area contributed by atoms with Crippen LogP contribution in [0.25, 0.3) is 0 Å². The van der Waals surface area contributed by atoms with E-state index in [-0.39, 0.29) is 84.3 Å². The van der Waals surface area contributed by atoms with E-state index in [4.69, 9.17) is 27.9 Å². The number of hydrogen-bond acceptors (Lipinski definition) is 13. The molecule has 3 amide bonds. The number of alkyl halides is 2. The summed E-state index contributed by atoms with van der Waals surface area (Å²) in [7, 11) is -13.2. The van der Waals surface area contributed by atoms with Crippen LogP contribution in [0.2, 0.25) is 10.0 Å². The van der Waals surface area contributed by atoms with Crippen molar-refractivity contribution in [3.63, 3.8) is 0 Å². The van der Waals surface area contributed by atoms with Gasteiger partial charge in [0.1, 0.15) is 55.5 Å². The molecular weight excluding hydrogens is 1360 g/mol. The lowest BCUT2D eigenvalue weighted by atomic mass is 9.99. The summed E-state index contributed by atoms with van der Waals surface area (Å²) in [5.41, 5.74) is -2.06. The van der Waals surface area contributed by atoms with Crippen LogP contribution in [-0.2, 0) is 34.8 Å². The number of halogens is 12. The molecule has 1 saturated carbocycles. The van der Waals surface area contributed by atoms with Gasteiger partial charge in [-0.15, -0.1) is 0 Å². The van der Waals surface area contributed by atoms with Crippen LogP contribution in [0.15, 0.2) is 118 Å². The highest BCUT2D eigenvalue weighted by atomic mass is 35.5. The number of nitrogens with zero attached hydrogens (tertiary/aromatic N) is 3. The number of carbonyl (C=O) groups excluding carboxylic acids is 3. The van der Waals surface area contributed by atoms with Crippen molar-refractivity contribution in [3.8, 4) is 0 Å². The fourth-order valence-electron chi connectivity index (χ4n) is 9.81. The zero-order valence-electron chi connectivity index (χ0n) is 48.2. The summed E-state index contributed by atoms with van der Waals surface area (Å²) in [6.45, 7) is -1.20. The molecule has 502 valence electrons. The largest absolute Gasteiger partial charge is 0.393 e. The van der Waals surface area contributed by atoms with Crippen LogP contribution in [0.4, 0.5) is 61.0 Å². The molecule has 3 atom stereocenters. The van der Waals surface area contributed by atoms with Crippen molar-refractivity contribution >= 4 is 88.1 Å². The van der Waals surface area contributed by atoms with E-state index in [1.54, 1.807) is 0 Å². The van der Waals surface area contributed by atoms with Gasteiger partial charge in [0, 0.05) is 91.6 Å². The first kappa shape index (κ1) is 72.0. The van der Waals surface area contributed by atoms with Crippen molar-refractivity contribution in [2.45, 2.75) is 83.4 Å². The van der Waals surface area contributed by atoms with Crippen LogP contribution in [0, 0.1) is 52.5 Å². The summed E-state index contributed by atoms with van der Waals surface area (Å²) in [6.07, 6.45) is -1.53. The van der Waals surface area contributed by atoms with E-state index in [9.17, 15) is 98.9 Å². The van der Waals surface area contributed by atoms with Gasteiger partial charge in [-0.2, -0.15) is 12.9 Å². The zero-order valence-corrected chi connectivity index (χ0v) is 52.1. The van der Waals surface area contributed by atoms with E-state index >= 15 is 0 Å². The Morgan fingerprint density at radius 2 is 0.914 bits per heavy atom. The van der Waals surface area contributed by atoms with E-state index in [0.29, 0.717) is 41.4 Å². The number of ether oxygens (including phenoxy) is 1. The third-order valence-electron chi connectivity index (χ3n) is 15.1. The van der Waals surface area contributed by atoms with Crippen molar-refractivity contribution in [2.24, 2.45) is 5.92 Å². The van der Waals surface area contributed by atoms with Gasteiger partial charge in [0.15, 0.2) is 17.5 Å². The first-order valence-electron chi connectivity index (χ1n) is 28.0. The Bertz CT molecular complexity index is 4170. The highest BCUT2D eigenvalue weighted by Gasteiger charge is 2.49. The molecule has 3 saturated heterocycles. The van der Waals surface area contributed by atoms with Crippen LogP contribution in [-0.4, -0.2) is 147 Å². The van der Waals surface area contributed by atoms with Crippen molar-refractivity contribution in [3.05, 3.63) is 176 Å². The minimum Gasteiger partial charge on any atom is -0.393 e. The van der Waals surface area contributed by atoms with Crippen LogP contribution >= 0.6 is 23.2 Å². The molecule has 10 rings (SSSR count). The molecule has 0 spiro atoms. The van der Waals surface area contributed by atoms with E-state index in [1.165, 1.54) is 24.3 Å². The summed E-state index contributed by atoms with van der Waals surface area (Å²) in [6, 6.07) is 16.3. The van der Waals surface area contributed by atoms with E-state index in [0.717, 1.165) is 76.0 Å². The van der Waals surface area contributed by atoms with Gasteiger partial charge in [-0.3, -0.25) is 14.4 Å². The third kappa shape index (κ3) is 17.4. The van der Waals surface area contributed by atoms with Crippen LogP contribution in [0.1, 0.15) is 76.0 Å². The highest BCUT2D eigenvalue weighted by molar-refractivity contribution is 7.89. The second-order valence-corrected chi connectivity index (χ2v) is 28.3. The molecule has 19 nitrogen and oxygen atoms in total. The molecule has 34 heteroatoms. The minimum absolute atomic E-state index is 0.00877. The predicted molar refractivity (Wildman–Crippen MR) is 317 cm³/mol. The average Bonchev–Trinajstić information content (AvgIpc) is 1.58.